The summed E-state index contributed by atoms with van der Waals surface area (Å²) in [5, 5.41) is 0. The van der Waals surface area contributed by atoms with Gasteiger partial charge < -0.3 is 4.74 Å². The average Bonchev–Trinajstić information content (AvgIpc) is 1.60. The van der Waals surface area contributed by atoms with Gasteiger partial charge in [-0.25, -0.2) is 0 Å². The predicted molar refractivity (Wildman–Crippen MR) is 37.4 cm³/mol. The molecule has 1 nitrogen and oxygen atoms in total. The zero-order valence-corrected chi connectivity index (χ0v) is 6.24. The summed E-state index contributed by atoms with van der Waals surface area (Å²) in [4.78, 5) is 0. The summed E-state index contributed by atoms with van der Waals surface area (Å²) in [5.74, 6) is 0.639. The molecule has 0 N–H and O–H groups in total. The Kier molecular flexibility index (Phi) is 1.54. The van der Waals surface area contributed by atoms with E-state index in [1.807, 2.05) is 0 Å². The maximum Gasteiger partial charge on any atom is 0.0636 e. The topological polar surface area (TPSA) is 9.23 Å². The van der Waals surface area contributed by atoms with Crippen molar-refractivity contribution >= 4 is 12.6 Å². The molecule has 0 aromatic rings. The highest BCUT2D eigenvalue weighted by Crippen LogP contribution is 2.31. The molecule has 0 radical (unpaired) electrons. The fraction of sp³-hybridized carbons (Fsp3) is 1.00. The van der Waals surface area contributed by atoms with Crippen LogP contribution in [0.2, 0.25) is 0 Å². The van der Waals surface area contributed by atoms with E-state index < -0.39 is 0 Å². The first-order chi connectivity index (χ1) is 3.65. The highest BCUT2D eigenvalue weighted by atomic mass is 32.1. The average molecular weight is 132 g/mol. The Morgan fingerprint density at radius 1 is 1.50 bits per heavy atom. The minimum Gasteiger partial charge on any atom is -0.378 e. The summed E-state index contributed by atoms with van der Waals surface area (Å²) in [5.41, 5.74) is 0. The Morgan fingerprint density at radius 2 is 2.00 bits per heavy atom. The van der Waals surface area contributed by atoms with E-state index in [1.54, 1.807) is 0 Å². The Labute approximate surface area is 55.8 Å². The summed E-state index contributed by atoms with van der Waals surface area (Å²) >= 11 is 4.44. The first kappa shape index (κ1) is 6.43. The minimum atomic E-state index is 0.194. The molecular weight excluding hydrogens is 120 g/mol. The number of ether oxygens (including phenoxy) is 1. The van der Waals surface area contributed by atoms with Gasteiger partial charge >= 0.3 is 0 Å². The van der Waals surface area contributed by atoms with Crippen LogP contribution < -0.4 is 0 Å². The molecule has 1 rings (SSSR count). The maximum absolute atomic E-state index is 5.02. The van der Waals surface area contributed by atoms with Crippen molar-refractivity contribution in [2.75, 3.05) is 13.2 Å². The molecule has 0 spiro atoms. The molecular formula is C6H12OS. The van der Waals surface area contributed by atoms with Gasteiger partial charge in [0.2, 0.25) is 0 Å². The standard InChI is InChI=1S/C6H12OS/c1-5(2)6(8)3-7-4-6/h5,8H,3-4H2,1-2H3. The number of thiol groups is 1. The smallest absolute Gasteiger partial charge is 0.0636 e. The van der Waals surface area contributed by atoms with Crippen LogP contribution in [0.5, 0.6) is 0 Å². The van der Waals surface area contributed by atoms with Crippen molar-refractivity contribution in [2.45, 2.75) is 18.6 Å². The van der Waals surface area contributed by atoms with E-state index in [2.05, 4.69) is 26.5 Å². The van der Waals surface area contributed by atoms with E-state index in [0.29, 0.717) is 5.92 Å². The summed E-state index contributed by atoms with van der Waals surface area (Å²) in [6.45, 7) is 6.01. The molecule has 0 aromatic heterocycles. The molecule has 2 heteroatoms. The van der Waals surface area contributed by atoms with Crippen LogP contribution in [0.25, 0.3) is 0 Å². The molecule has 1 aliphatic heterocycles. The summed E-state index contributed by atoms with van der Waals surface area (Å²) in [7, 11) is 0. The third-order valence-corrected chi connectivity index (χ3v) is 2.55. The van der Waals surface area contributed by atoms with Crippen LogP contribution in [0, 0.1) is 5.92 Å². The number of hydrogen-bond acceptors (Lipinski definition) is 2. The molecule has 0 saturated carbocycles. The molecule has 0 atom stereocenters. The second kappa shape index (κ2) is 1.92. The zero-order chi connectivity index (χ0) is 6.20. The van der Waals surface area contributed by atoms with Crippen LogP contribution >= 0.6 is 12.6 Å². The summed E-state index contributed by atoms with van der Waals surface area (Å²) in [6, 6.07) is 0. The highest BCUT2D eigenvalue weighted by molar-refractivity contribution is 7.82. The molecule has 0 aliphatic carbocycles. The lowest BCUT2D eigenvalue weighted by Crippen LogP contribution is -2.48. The lowest BCUT2D eigenvalue weighted by molar-refractivity contribution is -0.0275. The molecule has 1 fully saturated rings. The van der Waals surface area contributed by atoms with Gasteiger partial charge in [0.15, 0.2) is 0 Å². The molecule has 0 bridgehead atoms. The molecule has 1 heterocycles. The number of hydrogen-bond donors (Lipinski definition) is 1. The summed E-state index contributed by atoms with van der Waals surface area (Å²) < 4.78 is 5.22. The largest absolute Gasteiger partial charge is 0.378 e. The molecule has 0 amide bonds. The van der Waals surface area contributed by atoms with Gasteiger partial charge in [-0.15, -0.1) is 0 Å². The van der Waals surface area contributed by atoms with E-state index >= 15 is 0 Å². The van der Waals surface area contributed by atoms with Crippen LogP contribution in [0.1, 0.15) is 13.8 Å². The Morgan fingerprint density at radius 3 is 2.00 bits per heavy atom. The van der Waals surface area contributed by atoms with Gasteiger partial charge in [0, 0.05) is 0 Å². The van der Waals surface area contributed by atoms with Crippen LogP contribution in [-0.4, -0.2) is 18.0 Å². The molecule has 1 aliphatic rings. The quantitative estimate of drug-likeness (QED) is 0.530. The van der Waals surface area contributed by atoms with Crippen molar-refractivity contribution in [3.8, 4) is 0 Å². The van der Waals surface area contributed by atoms with E-state index in [4.69, 9.17) is 4.74 Å². The fourth-order valence-corrected chi connectivity index (χ4v) is 0.827. The Balaban J connectivity index is 2.41. The van der Waals surface area contributed by atoms with Crippen molar-refractivity contribution in [3.63, 3.8) is 0 Å². The van der Waals surface area contributed by atoms with Crippen molar-refractivity contribution in [1.29, 1.82) is 0 Å². The van der Waals surface area contributed by atoms with Gasteiger partial charge in [-0.3, -0.25) is 0 Å². The second-order valence-electron chi connectivity index (χ2n) is 2.75. The Hall–Kier alpha value is 0.310. The minimum absolute atomic E-state index is 0.194. The highest BCUT2D eigenvalue weighted by Gasteiger charge is 2.37. The monoisotopic (exact) mass is 132 g/mol. The predicted octanol–water partition coefficient (Wildman–Crippen LogP) is 1.34. The van der Waals surface area contributed by atoms with Gasteiger partial charge in [0.25, 0.3) is 0 Å². The third-order valence-electron chi connectivity index (χ3n) is 1.78. The fourth-order valence-electron chi connectivity index (χ4n) is 0.645. The van der Waals surface area contributed by atoms with Crippen LogP contribution in [0.15, 0.2) is 0 Å². The lowest BCUT2D eigenvalue weighted by Gasteiger charge is -2.40. The first-order valence-electron chi connectivity index (χ1n) is 2.95. The van der Waals surface area contributed by atoms with E-state index in [9.17, 15) is 0 Å². The van der Waals surface area contributed by atoms with Crippen LogP contribution in [0.3, 0.4) is 0 Å². The van der Waals surface area contributed by atoms with Gasteiger partial charge in [0.1, 0.15) is 0 Å². The van der Waals surface area contributed by atoms with Gasteiger partial charge in [-0.2, -0.15) is 12.6 Å². The lowest BCUT2D eigenvalue weighted by atomic mass is 9.93. The maximum atomic E-state index is 5.02. The van der Waals surface area contributed by atoms with Crippen molar-refractivity contribution in [1.82, 2.24) is 0 Å². The van der Waals surface area contributed by atoms with Crippen molar-refractivity contribution in [3.05, 3.63) is 0 Å². The third kappa shape index (κ3) is 0.869. The molecule has 48 valence electrons. The van der Waals surface area contributed by atoms with Crippen molar-refractivity contribution in [2.24, 2.45) is 5.92 Å². The van der Waals surface area contributed by atoms with Crippen molar-refractivity contribution < 1.29 is 4.74 Å². The van der Waals surface area contributed by atoms with Crippen LogP contribution in [-0.2, 0) is 4.74 Å². The second-order valence-corrected chi connectivity index (χ2v) is 3.64. The van der Waals surface area contributed by atoms with Gasteiger partial charge in [-0.05, 0) is 5.92 Å². The van der Waals surface area contributed by atoms with Crippen LogP contribution in [0.4, 0.5) is 0 Å². The molecule has 8 heavy (non-hydrogen) atoms. The van der Waals surface area contributed by atoms with Gasteiger partial charge in [0.05, 0.1) is 18.0 Å². The molecule has 0 aromatic carbocycles. The summed E-state index contributed by atoms with van der Waals surface area (Å²) in [6.07, 6.45) is 0. The van der Waals surface area contributed by atoms with Gasteiger partial charge in [-0.1, -0.05) is 13.8 Å². The van der Waals surface area contributed by atoms with E-state index in [0.717, 1.165) is 13.2 Å². The SMILES string of the molecule is CC(C)C1(S)COC1. The molecule has 1 saturated heterocycles. The Bertz CT molecular complexity index is 86.5. The molecule has 0 unspecified atom stereocenters. The zero-order valence-electron chi connectivity index (χ0n) is 5.35. The normalized spacial score (nSPS) is 25.5. The van der Waals surface area contributed by atoms with E-state index in [1.165, 1.54) is 0 Å². The number of rotatable bonds is 1. The first-order valence-corrected chi connectivity index (χ1v) is 3.40. The van der Waals surface area contributed by atoms with E-state index in [-0.39, 0.29) is 4.75 Å².